The van der Waals surface area contributed by atoms with Gasteiger partial charge < -0.3 is 10.0 Å². The zero-order chi connectivity index (χ0) is 14.1. The van der Waals surface area contributed by atoms with E-state index in [2.05, 4.69) is 25.7 Å². The molecular weight excluding hydrogens is 238 g/mol. The second-order valence-corrected chi connectivity index (χ2v) is 8.03. The van der Waals surface area contributed by atoms with Gasteiger partial charge in [-0.2, -0.15) is 0 Å². The second-order valence-electron chi connectivity index (χ2n) is 8.03. The molecule has 0 radical (unpaired) electrons. The summed E-state index contributed by atoms with van der Waals surface area (Å²) in [6, 6.07) is 0. The summed E-state index contributed by atoms with van der Waals surface area (Å²) in [6.45, 7) is 9.40. The van der Waals surface area contributed by atoms with Crippen LogP contribution < -0.4 is 0 Å². The average molecular weight is 267 g/mol. The van der Waals surface area contributed by atoms with Gasteiger partial charge in [-0.3, -0.25) is 4.79 Å². The van der Waals surface area contributed by atoms with Crippen molar-refractivity contribution >= 4 is 5.97 Å². The quantitative estimate of drug-likeness (QED) is 0.849. The van der Waals surface area contributed by atoms with E-state index < -0.39 is 5.97 Å². The Morgan fingerprint density at radius 3 is 2.26 bits per heavy atom. The fourth-order valence-corrected chi connectivity index (χ4v) is 3.93. The Labute approximate surface area is 117 Å². The van der Waals surface area contributed by atoms with Crippen LogP contribution in [0.15, 0.2) is 0 Å². The second kappa shape index (κ2) is 5.43. The minimum atomic E-state index is -0.625. The van der Waals surface area contributed by atoms with Gasteiger partial charge in [-0.15, -0.1) is 0 Å². The van der Waals surface area contributed by atoms with E-state index in [0.717, 1.165) is 26.1 Å². The minimum absolute atomic E-state index is 0.0937. The molecule has 110 valence electrons. The topological polar surface area (TPSA) is 40.5 Å². The first-order chi connectivity index (χ1) is 8.80. The van der Waals surface area contributed by atoms with Crippen molar-refractivity contribution in [3.05, 3.63) is 0 Å². The van der Waals surface area contributed by atoms with Gasteiger partial charge >= 0.3 is 5.97 Å². The summed E-state index contributed by atoms with van der Waals surface area (Å²) in [5.41, 5.74) is 0.652. The fraction of sp³-hybridized carbons (Fsp3) is 0.938. The number of likely N-dealkylation sites (tertiary alicyclic amines) is 1. The molecule has 1 aliphatic carbocycles. The van der Waals surface area contributed by atoms with E-state index in [9.17, 15) is 9.90 Å². The first-order valence-electron chi connectivity index (χ1n) is 7.75. The Morgan fingerprint density at radius 1 is 1.21 bits per heavy atom. The lowest BCUT2D eigenvalue weighted by Gasteiger charge is -2.53. The highest BCUT2D eigenvalue weighted by molar-refractivity contribution is 5.70. The maximum atomic E-state index is 11.4. The first-order valence-corrected chi connectivity index (χ1v) is 7.75. The SMILES string of the molecule is CC(C)(C)CC(CN1CC2(CCCCC2)C1)C(=O)O. The predicted octanol–water partition coefficient (Wildman–Crippen LogP) is 3.39. The molecule has 1 saturated heterocycles. The Bertz CT molecular complexity index is 318. The van der Waals surface area contributed by atoms with Crippen molar-refractivity contribution in [2.24, 2.45) is 16.7 Å². The molecule has 19 heavy (non-hydrogen) atoms. The van der Waals surface area contributed by atoms with E-state index >= 15 is 0 Å². The summed E-state index contributed by atoms with van der Waals surface area (Å²) in [4.78, 5) is 13.8. The van der Waals surface area contributed by atoms with Gasteiger partial charge in [0.25, 0.3) is 0 Å². The van der Waals surface area contributed by atoms with Crippen molar-refractivity contribution in [2.75, 3.05) is 19.6 Å². The molecule has 3 heteroatoms. The maximum Gasteiger partial charge on any atom is 0.307 e. The van der Waals surface area contributed by atoms with Crippen LogP contribution in [0.5, 0.6) is 0 Å². The Balaban J connectivity index is 1.82. The van der Waals surface area contributed by atoms with Crippen LogP contribution in [-0.2, 0) is 4.79 Å². The van der Waals surface area contributed by atoms with Crippen molar-refractivity contribution in [3.63, 3.8) is 0 Å². The summed E-state index contributed by atoms with van der Waals surface area (Å²) in [7, 11) is 0. The van der Waals surface area contributed by atoms with Crippen molar-refractivity contribution in [3.8, 4) is 0 Å². The average Bonchev–Trinajstić information content (AvgIpc) is 2.25. The molecule has 1 atom stereocenters. The maximum absolute atomic E-state index is 11.4. The molecule has 0 amide bonds. The van der Waals surface area contributed by atoms with Crippen LogP contribution in [0.3, 0.4) is 0 Å². The molecule has 1 heterocycles. The van der Waals surface area contributed by atoms with Gasteiger partial charge in [0.05, 0.1) is 5.92 Å². The monoisotopic (exact) mass is 267 g/mol. The molecular formula is C16H29NO2. The van der Waals surface area contributed by atoms with Gasteiger partial charge in [0, 0.05) is 19.6 Å². The summed E-state index contributed by atoms with van der Waals surface area (Å²) >= 11 is 0. The number of carbonyl (C=O) groups is 1. The third-order valence-corrected chi connectivity index (χ3v) is 4.72. The Hall–Kier alpha value is -0.570. The van der Waals surface area contributed by atoms with Crippen LogP contribution >= 0.6 is 0 Å². The van der Waals surface area contributed by atoms with E-state index in [1.807, 2.05) is 0 Å². The number of hydrogen-bond donors (Lipinski definition) is 1. The van der Waals surface area contributed by atoms with Crippen LogP contribution in [-0.4, -0.2) is 35.6 Å². The summed E-state index contributed by atoms with van der Waals surface area (Å²) in [5, 5.41) is 9.38. The molecule has 2 rings (SSSR count). The molecule has 3 nitrogen and oxygen atoms in total. The van der Waals surface area contributed by atoms with Crippen molar-refractivity contribution < 1.29 is 9.90 Å². The molecule has 1 spiro atoms. The van der Waals surface area contributed by atoms with E-state index in [-0.39, 0.29) is 11.3 Å². The van der Waals surface area contributed by atoms with Gasteiger partial charge in [-0.1, -0.05) is 40.0 Å². The van der Waals surface area contributed by atoms with Crippen LogP contribution in [0.1, 0.15) is 59.3 Å². The summed E-state index contributed by atoms with van der Waals surface area (Å²) in [6.07, 6.45) is 7.63. The molecule has 2 aliphatic rings. The molecule has 0 aromatic rings. The standard InChI is InChI=1S/C16H29NO2/c1-15(2,3)9-13(14(18)19)10-17-11-16(12-17)7-5-4-6-8-16/h13H,4-12H2,1-3H3,(H,18,19). The highest BCUT2D eigenvalue weighted by Gasteiger charge is 2.44. The summed E-state index contributed by atoms with van der Waals surface area (Å²) in [5.74, 6) is -0.833. The lowest BCUT2D eigenvalue weighted by Crippen LogP contribution is -2.58. The predicted molar refractivity (Wildman–Crippen MR) is 77.2 cm³/mol. The van der Waals surface area contributed by atoms with E-state index in [4.69, 9.17) is 0 Å². The van der Waals surface area contributed by atoms with Gasteiger partial charge in [0.15, 0.2) is 0 Å². The van der Waals surface area contributed by atoms with Crippen molar-refractivity contribution in [1.82, 2.24) is 4.90 Å². The van der Waals surface area contributed by atoms with Gasteiger partial charge in [0.1, 0.15) is 0 Å². The zero-order valence-electron chi connectivity index (χ0n) is 12.7. The van der Waals surface area contributed by atoms with Crippen LogP contribution in [0.25, 0.3) is 0 Å². The van der Waals surface area contributed by atoms with Crippen LogP contribution in [0.4, 0.5) is 0 Å². The minimum Gasteiger partial charge on any atom is -0.481 e. The Morgan fingerprint density at radius 2 is 1.79 bits per heavy atom. The fourth-order valence-electron chi connectivity index (χ4n) is 3.93. The molecule has 1 saturated carbocycles. The van der Waals surface area contributed by atoms with Crippen LogP contribution in [0, 0.1) is 16.7 Å². The molecule has 1 unspecified atom stereocenters. The lowest BCUT2D eigenvalue weighted by atomic mass is 9.68. The van der Waals surface area contributed by atoms with Gasteiger partial charge in [0.2, 0.25) is 0 Å². The highest BCUT2D eigenvalue weighted by Crippen LogP contribution is 2.44. The Kier molecular flexibility index (Phi) is 4.24. The summed E-state index contributed by atoms with van der Waals surface area (Å²) < 4.78 is 0. The highest BCUT2D eigenvalue weighted by atomic mass is 16.4. The molecule has 0 bridgehead atoms. The molecule has 0 aromatic heterocycles. The normalized spacial score (nSPS) is 25.0. The molecule has 1 aliphatic heterocycles. The first kappa shape index (κ1) is 14.8. The zero-order valence-corrected chi connectivity index (χ0v) is 12.7. The lowest BCUT2D eigenvalue weighted by molar-refractivity contribution is -0.145. The van der Waals surface area contributed by atoms with Crippen molar-refractivity contribution in [2.45, 2.75) is 59.3 Å². The van der Waals surface area contributed by atoms with Gasteiger partial charge in [-0.25, -0.2) is 0 Å². The largest absolute Gasteiger partial charge is 0.481 e. The number of hydrogen-bond acceptors (Lipinski definition) is 2. The number of rotatable bonds is 4. The van der Waals surface area contributed by atoms with E-state index in [1.54, 1.807) is 0 Å². The molecule has 2 fully saturated rings. The number of nitrogens with zero attached hydrogens (tertiary/aromatic N) is 1. The molecule has 1 N–H and O–H groups in total. The van der Waals surface area contributed by atoms with Gasteiger partial charge in [-0.05, 0) is 30.1 Å². The van der Waals surface area contributed by atoms with E-state index in [1.165, 1.54) is 32.1 Å². The smallest absolute Gasteiger partial charge is 0.307 e. The number of carboxylic acids is 1. The van der Waals surface area contributed by atoms with E-state index in [0.29, 0.717) is 5.41 Å². The third-order valence-electron chi connectivity index (χ3n) is 4.72. The third kappa shape index (κ3) is 3.95. The van der Waals surface area contributed by atoms with Crippen LogP contribution in [0.2, 0.25) is 0 Å². The van der Waals surface area contributed by atoms with Crippen molar-refractivity contribution in [1.29, 1.82) is 0 Å². The number of carboxylic acid groups (broad SMARTS) is 1. The number of aliphatic carboxylic acids is 1. The molecule has 0 aromatic carbocycles.